The third-order valence-corrected chi connectivity index (χ3v) is 2.32. The number of methoxy groups -OCH3 is 1. The summed E-state index contributed by atoms with van der Waals surface area (Å²) < 4.78 is 28.9. The van der Waals surface area contributed by atoms with Crippen molar-refractivity contribution in [2.75, 3.05) is 40.1 Å². The highest BCUT2D eigenvalue weighted by Gasteiger charge is 2.00. The minimum absolute atomic E-state index is 0.258. The van der Waals surface area contributed by atoms with Crippen LogP contribution in [0.5, 0.6) is 5.75 Å². The van der Waals surface area contributed by atoms with Crippen LogP contribution in [-0.4, -0.2) is 45.3 Å². The van der Waals surface area contributed by atoms with Crippen LogP contribution in [0, 0.1) is 17.7 Å². The molecule has 0 bridgehead atoms. The van der Waals surface area contributed by atoms with Crippen LogP contribution < -0.4 is 4.74 Å². The Bertz CT molecular complexity index is 451. The van der Waals surface area contributed by atoms with E-state index in [0.717, 1.165) is 0 Å². The molecule has 1 aromatic rings. The van der Waals surface area contributed by atoms with Crippen molar-refractivity contribution in [1.82, 2.24) is 0 Å². The summed E-state index contributed by atoms with van der Waals surface area (Å²) in [5.41, 5.74) is 0.477. The van der Waals surface area contributed by atoms with Crippen LogP contribution in [0.4, 0.5) is 4.39 Å². The van der Waals surface area contributed by atoms with Gasteiger partial charge in [-0.05, 0) is 12.1 Å². The zero-order chi connectivity index (χ0) is 14.6. The van der Waals surface area contributed by atoms with Crippen LogP contribution in [0.1, 0.15) is 12.0 Å². The summed E-state index contributed by atoms with van der Waals surface area (Å²) in [5, 5.41) is 8.61. The Hall–Kier alpha value is -1.61. The molecule has 0 saturated heterocycles. The zero-order valence-corrected chi connectivity index (χ0v) is 11.5. The molecule has 110 valence electrons. The molecule has 0 aromatic heterocycles. The van der Waals surface area contributed by atoms with E-state index in [4.69, 9.17) is 19.3 Å². The number of hydrogen-bond acceptors (Lipinski definition) is 4. The fraction of sp³-hybridized carbons (Fsp3) is 0.467. The Morgan fingerprint density at radius 3 is 2.75 bits per heavy atom. The topological polar surface area (TPSA) is 47.9 Å². The molecule has 0 aliphatic rings. The van der Waals surface area contributed by atoms with Crippen molar-refractivity contribution in [3.8, 4) is 17.6 Å². The molecule has 0 spiro atoms. The Labute approximate surface area is 118 Å². The number of benzene rings is 1. The van der Waals surface area contributed by atoms with Crippen molar-refractivity contribution in [3.05, 3.63) is 29.6 Å². The number of ether oxygens (including phenoxy) is 3. The van der Waals surface area contributed by atoms with E-state index in [1.54, 1.807) is 13.2 Å². The monoisotopic (exact) mass is 282 g/mol. The van der Waals surface area contributed by atoms with Crippen molar-refractivity contribution in [2.24, 2.45) is 0 Å². The quantitative estimate of drug-likeness (QED) is 0.581. The second-order valence-corrected chi connectivity index (χ2v) is 3.94. The average Bonchev–Trinajstić information content (AvgIpc) is 2.43. The van der Waals surface area contributed by atoms with E-state index >= 15 is 0 Å². The number of aliphatic hydroxyl groups is 1. The van der Waals surface area contributed by atoms with Gasteiger partial charge in [-0.2, -0.15) is 0 Å². The lowest BCUT2D eigenvalue weighted by molar-refractivity contribution is 0.0644. The van der Waals surface area contributed by atoms with Gasteiger partial charge < -0.3 is 19.3 Å². The number of aliphatic hydroxyl groups excluding tert-OH is 1. The lowest BCUT2D eigenvalue weighted by Crippen LogP contribution is -2.07. The normalized spacial score (nSPS) is 9.95. The first-order valence-electron chi connectivity index (χ1n) is 6.36. The Morgan fingerprint density at radius 1 is 1.15 bits per heavy atom. The Morgan fingerprint density at radius 2 is 2.00 bits per heavy atom. The number of halogens is 1. The molecule has 0 aliphatic heterocycles. The molecule has 1 N–H and O–H groups in total. The average molecular weight is 282 g/mol. The van der Waals surface area contributed by atoms with Crippen molar-refractivity contribution in [2.45, 2.75) is 6.42 Å². The lowest BCUT2D eigenvalue weighted by Gasteiger charge is -2.07. The zero-order valence-electron chi connectivity index (χ0n) is 11.5. The molecular formula is C15H19FO4. The molecule has 1 rings (SSSR count). The molecule has 0 unspecified atom stereocenters. The van der Waals surface area contributed by atoms with E-state index in [0.29, 0.717) is 44.2 Å². The largest absolute Gasteiger partial charge is 0.493 e. The molecule has 0 fully saturated rings. The van der Waals surface area contributed by atoms with Crippen molar-refractivity contribution >= 4 is 0 Å². The first kappa shape index (κ1) is 16.4. The minimum Gasteiger partial charge on any atom is -0.493 e. The maximum atomic E-state index is 13.3. The first-order chi connectivity index (χ1) is 9.76. The summed E-state index contributed by atoms with van der Waals surface area (Å²) in [5.74, 6) is 5.11. The van der Waals surface area contributed by atoms with E-state index in [2.05, 4.69) is 11.8 Å². The highest BCUT2D eigenvalue weighted by Crippen LogP contribution is 2.16. The summed E-state index contributed by atoms with van der Waals surface area (Å²) in [6, 6.07) is 4.23. The van der Waals surface area contributed by atoms with Crippen LogP contribution >= 0.6 is 0 Å². The molecule has 0 atom stereocenters. The van der Waals surface area contributed by atoms with Gasteiger partial charge in [-0.1, -0.05) is 11.8 Å². The maximum Gasteiger partial charge on any atom is 0.128 e. The standard InChI is InChI=1S/C15H19FO4/c1-18-8-9-19-6-3-7-20-15-11-13(4-2-5-17)10-14(16)12-15/h10-12,17H,3,5-9H2,1H3. The van der Waals surface area contributed by atoms with Gasteiger partial charge in [-0.15, -0.1) is 0 Å². The SMILES string of the molecule is COCCOCCCOc1cc(F)cc(C#CCO)c1. The van der Waals surface area contributed by atoms with Gasteiger partial charge in [0.1, 0.15) is 18.2 Å². The summed E-state index contributed by atoms with van der Waals surface area (Å²) >= 11 is 0. The second kappa shape index (κ2) is 10.2. The summed E-state index contributed by atoms with van der Waals surface area (Å²) in [4.78, 5) is 0. The van der Waals surface area contributed by atoms with Gasteiger partial charge in [-0.25, -0.2) is 4.39 Å². The summed E-state index contributed by atoms with van der Waals surface area (Å²) in [6.07, 6.45) is 0.706. The predicted molar refractivity (Wildman–Crippen MR) is 73.2 cm³/mol. The van der Waals surface area contributed by atoms with Gasteiger partial charge in [0, 0.05) is 31.8 Å². The van der Waals surface area contributed by atoms with E-state index in [9.17, 15) is 4.39 Å². The Balaban J connectivity index is 2.34. The van der Waals surface area contributed by atoms with E-state index in [1.165, 1.54) is 12.1 Å². The second-order valence-electron chi connectivity index (χ2n) is 3.94. The van der Waals surface area contributed by atoms with E-state index in [-0.39, 0.29) is 6.61 Å². The van der Waals surface area contributed by atoms with Crippen LogP contribution in [0.3, 0.4) is 0 Å². The Kier molecular flexibility index (Phi) is 8.40. The highest BCUT2D eigenvalue weighted by atomic mass is 19.1. The molecule has 20 heavy (non-hydrogen) atoms. The van der Waals surface area contributed by atoms with Gasteiger partial charge in [0.15, 0.2) is 0 Å². The van der Waals surface area contributed by atoms with Gasteiger partial charge in [0.05, 0.1) is 19.8 Å². The molecule has 5 heteroatoms. The molecule has 0 saturated carbocycles. The van der Waals surface area contributed by atoms with Gasteiger partial charge in [0.2, 0.25) is 0 Å². The van der Waals surface area contributed by atoms with E-state index in [1.807, 2.05) is 0 Å². The van der Waals surface area contributed by atoms with Crippen molar-refractivity contribution < 1.29 is 23.7 Å². The molecule has 4 nitrogen and oxygen atoms in total. The van der Waals surface area contributed by atoms with Crippen molar-refractivity contribution in [3.63, 3.8) is 0 Å². The van der Waals surface area contributed by atoms with Crippen molar-refractivity contribution in [1.29, 1.82) is 0 Å². The molecule has 0 amide bonds. The molecule has 1 aromatic carbocycles. The van der Waals surface area contributed by atoms with Crippen LogP contribution in [0.25, 0.3) is 0 Å². The molecule has 0 radical (unpaired) electrons. The minimum atomic E-state index is -0.416. The molecule has 0 heterocycles. The number of rotatable bonds is 8. The first-order valence-corrected chi connectivity index (χ1v) is 6.36. The highest BCUT2D eigenvalue weighted by molar-refractivity contribution is 5.40. The van der Waals surface area contributed by atoms with Gasteiger partial charge in [0.25, 0.3) is 0 Å². The fourth-order valence-electron chi connectivity index (χ4n) is 1.46. The van der Waals surface area contributed by atoms with Gasteiger partial charge >= 0.3 is 0 Å². The lowest BCUT2D eigenvalue weighted by atomic mass is 10.2. The fourth-order valence-corrected chi connectivity index (χ4v) is 1.46. The third-order valence-electron chi connectivity index (χ3n) is 2.32. The maximum absolute atomic E-state index is 13.3. The van der Waals surface area contributed by atoms with Crippen LogP contribution in [-0.2, 0) is 9.47 Å². The molecule has 0 aliphatic carbocycles. The third kappa shape index (κ3) is 7.10. The van der Waals surface area contributed by atoms with Gasteiger partial charge in [-0.3, -0.25) is 0 Å². The van der Waals surface area contributed by atoms with Crippen LogP contribution in [0.2, 0.25) is 0 Å². The molecular weight excluding hydrogens is 263 g/mol. The smallest absolute Gasteiger partial charge is 0.128 e. The summed E-state index contributed by atoms with van der Waals surface area (Å²) in [6.45, 7) is 1.86. The predicted octanol–water partition coefficient (Wildman–Crippen LogP) is 1.60. The summed E-state index contributed by atoms with van der Waals surface area (Å²) in [7, 11) is 1.62. The van der Waals surface area contributed by atoms with Crippen LogP contribution in [0.15, 0.2) is 18.2 Å². The van der Waals surface area contributed by atoms with E-state index < -0.39 is 5.82 Å². The number of hydrogen-bond donors (Lipinski definition) is 1.